The van der Waals surface area contributed by atoms with Crippen LogP contribution >= 0.6 is 0 Å². The van der Waals surface area contributed by atoms with Crippen LogP contribution < -0.4 is 21.1 Å². The van der Waals surface area contributed by atoms with Crippen molar-refractivity contribution in [1.29, 1.82) is 0 Å². The number of ether oxygens (including phenoxy) is 1. The Labute approximate surface area is 186 Å². The first-order valence-electron chi connectivity index (χ1n) is 10.8. The smallest absolute Gasteiger partial charge is 0.394 e. The summed E-state index contributed by atoms with van der Waals surface area (Å²) < 4.78 is 8.83. The summed E-state index contributed by atoms with van der Waals surface area (Å²) in [6, 6.07) is 0.241. The Balaban J connectivity index is 1.43. The number of hydrogen-bond donors (Lipinski definition) is 4. The van der Waals surface area contributed by atoms with Crippen LogP contribution in [0, 0.1) is 0 Å². The van der Waals surface area contributed by atoms with Gasteiger partial charge in [0, 0.05) is 13.1 Å². The molecule has 0 spiro atoms. The summed E-state index contributed by atoms with van der Waals surface area (Å²) in [5, 5.41) is 14.9. The number of nitrogens with zero attached hydrogens (tertiary/aromatic N) is 7. The molecule has 1 saturated carbocycles. The number of H-pyrrole nitrogens is 3. The normalized spacial score (nSPS) is 18.5. The van der Waals surface area contributed by atoms with E-state index in [2.05, 4.69) is 29.9 Å². The highest BCUT2D eigenvalue weighted by Gasteiger charge is 2.23. The van der Waals surface area contributed by atoms with Gasteiger partial charge in [0.15, 0.2) is 6.33 Å². The van der Waals surface area contributed by atoms with Gasteiger partial charge in [-0.05, 0) is 18.9 Å². The van der Waals surface area contributed by atoms with Gasteiger partial charge >= 0.3 is 17.3 Å². The minimum absolute atomic E-state index is 0.241. The molecule has 170 valence electrons. The third-order valence-electron chi connectivity index (χ3n) is 5.66. The van der Waals surface area contributed by atoms with Crippen LogP contribution in [0.3, 0.4) is 0 Å². The Bertz CT molecular complexity index is 1490. The van der Waals surface area contributed by atoms with E-state index in [0.29, 0.717) is 22.4 Å². The Hall–Kier alpha value is -3.84. The van der Waals surface area contributed by atoms with Crippen molar-refractivity contribution in [2.24, 2.45) is 4.99 Å². The summed E-state index contributed by atoms with van der Waals surface area (Å²) >= 11 is 0. The number of aromatic hydroxyl groups is 1. The van der Waals surface area contributed by atoms with Gasteiger partial charge in [-0.1, -0.05) is 9.97 Å². The van der Waals surface area contributed by atoms with E-state index in [1.54, 1.807) is 16.8 Å². The minimum atomic E-state index is -0.495. The average Bonchev–Trinajstić information content (AvgIpc) is 3.19. The molecule has 4 aromatic rings. The van der Waals surface area contributed by atoms with Crippen molar-refractivity contribution in [2.45, 2.75) is 25.4 Å². The Morgan fingerprint density at radius 3 is 2.88 bits per heavy atom. The van der Waals surface area contributed by atoms with Crippen LogP contribution in [0.2, 0.25) is 0 Å². The molecule has 0 unspecified atom stereocenters. The third-order valence-corrected chi connectivity index (χ3v) is 5.66. The number of aromatic amines is 3. The van der Waals surface area contributed by atoms with Crippen LogP contribution in [0.4, 0.5) is 0 Å². The highest BCUT2D eigenvalue weighted by Crippen LogP contribution is 2.22. The largest absolute Gasteiger partial charge is 0.493 e. The van der Waals surface area contributed by atoms with E-state index in [4.69, 9.17) is 14.7 Å². The van der Waals surface area contributed by atoms with Crippen LogP contribution in [-0.2, 0) is 11.3 Å². The van der Waals surface area contributed by atoms with Gasteiger partial charge in [-0.2, -0.15) is 14.2 Å². The highest BCUT2D eigenvalue weighted by atomic mass is 16.5. The molecule has 1 aliphatic heterocycles. The van der Waals surface area contributed by atoms with E-state index in [1.165, 1.54) is 0 Å². The van der Waals surface area contributed by atoms with Crippen LogP contribution in [0.15, 0.2) is 28.5 Å². The summed E-state index contributed by atoms with van der Waals surface area (Å²) in [5.41, 5.74) is 1.77. The molecule has 2 aliphatic rings. The first kappa shape index (κ1) is 19.8. The lowest BCUT2D eigenvalue weighted by Crippen LogP contribution is -2.37. The molecule has 5 heterocycles. The van der Waals surface area contributed by atoms with Crippen molar-refractivity contribution in [3.05, 3.63) is 51.4 Å². The van der Waals surface area contributed by atoms with Crippen molar-refractivity contribution >= 4 is 11.7 Å². The maximum absolute atomic E-state index is 11.5. The van der Waals surface area contributed by atoms with Gasteiger partial charge < -0.3 is 14.8 Å². The van der Waals surface area contributed by atoms with Gasteiger partial charge in [-0.15, -0.1) is 0 Å². The molecule has 4 aromatic heterocycles. The first-order valence-corrected chi connectivity index (χ1v) is 10.8. The predicted molar refractivity (Wildman–Crippen MR) is 113 cm³/mol. The standard InChI is InChI=1S/C20H22N10O3/c31-17-15(24-20(32)26-17)7-12-8-22-30-16(12)25-18(27-19(30)23-13-1-2-13)29-10-14(21-11-29)9-28-3-5-33-6-4-28/h7-8,10-11,13H,1-6,9H2,(H3,22,23,24,25,26,27,31,32)/p+1. The van der Waals surface area contributed by atoms with Gasteiger partial charge in [0.2, 0.25) is 11.5 Å². The number of rotatable bonds is 5. The predicted octanol–water partition coefficient (Wildman–Crippen LogP) is -2.11. The second kappa shape index (κ2) is 7.94. The Morgan fingerprint density at radius 1 is 1.27 bits per heavy atom. The summed E-state index contributed by atoms with van der Waals surface area (Å²) in [7, 11) is 0. The first-order chi connectivity index (χ1) is 16.1. The van der Waals surface area contributed by atoms with E-state index < -0.39 is 5.69 Å². The van der Waals surface area contributed by atoms with Crippen molar-refractivity contribution in [1.82, 2.24) is 39.4 Å². The lowest BCUT2D eigenvalue weighted by molar-refractivity contribution is -0.602. The third kappa shape index (κ3) is 4.03. The Morgan fingerprint density at radius 2 is 2.12 bits per heavy atom. The fourth-order valence-corrected chi connectivity index (χ4v) is 3.78. The second-order valence-corrected chi connectivity index (χ2v) is 8.23. The molecule has 2 fully saturated rings. The van der Waals surface area contributed by atoms with Crippen molar-refractivity contribution in [3.63, 3.8) is 0 Å². The van der Waals surface area contributed by atoms with Crippen LogP contribution in [0.5, 0.6) is 5.88 Å². The number of imidazole rings is 2. The molecule has 33 heavy (non-hydrogen) atoms. The zero-order valence-corrected chi connectivity index (χ0v) is 17.7. The Kier molecular flexibility index (Phi) is 4.77. The molecule has 0 aromatic carbocycles. The van der Waals surface area contributed by atoms with Crippen LogP contribution in [-0.4, -0.2) is 76.9 Å². The molecule has 1 aliphatic carbocycles. The lowest BCUT2D eigenvalue weighted by Gasteiger charge is -2.25. The van der Waals surface area contributed by atoms with Gasteiger partial charge in [0.25, 0.3) is 0 Å². The molecule has 13 heteroatoms. The van der Waals surface area contributed by atoms with Gasteiger partial charge in [0.1, 0.15) is 11.4 Å². The molecule has 4 N–H and O–H groups in total. The topological polar surface area (TPSA) is 156 Å². The molecule has 0 amide bonds. The molecule has 1 saturated heterocycles. The lowest BCUT2D eigenvalue weighted by atomic mass is 10.3. The van der Waals surface area contributed by atoms with Crippen LogP contribution in [0.1, 0.15) is 24.2 Å². The summed E-state index contributed by atoms with van der Waals surface area (Å²) in [4.78, 5) is 36.0. The van der Waals surface area contributed by atoms with Crippen molar-refractivity contribution in [2.75, 3.05) is 26.3 Å². The van der Waals surface area contributed by atoms with E-state index in [1.807, 2.05) is 17.1 Å². The maximum Gasteiger partial charge on any atom is 0.394 e. The molecule has 0 radical (unpaired) electrons. The van der Waals surface area contributed by atoms with E-state index in [9.17, 15) is 9.90 Å². The maximum atomic E-state index is 11.5. The van der Waals surface area contributed by atoms with Crippen molar-refractivity contribution in [3.8, 4) is 11.8 Å². The average molecular weight is 451 g/mol. The van der Waals surface area contributed by atoms with Gasteiger partial charge in [-0.3, -0.25) is 14.9 Å². The number of aromatic nitrogens is 8. The zero-order valence-electron chi connectivity index (χ0n) is 17.7. The highest BCUT2D eigenvalue weighted by molar-refractivity contribution is 5.56. The number of morpholine rings is 1. The van der Waals surface area contributed by atoms with E-state index >= 15 is 0 Å². The van der Waals surface area contributed by atoms with Gasteiger partial charge in [0.05, 0.1) is 43.4 Å². The minimum Gasteiger partial charge on any atom is -0.493 e. The fraction of sp³-hybridized carbons (Fsp3) is 0.400. The number of fused-ring (bicyclic) bond motifs is 1. The fourth-order valence-electron chi connectivity index (χ4n) is 3.78. The van der Waals surface area contributed by atoms with Gasteiger partial charge in [-0.25, -0.2) is 9.79 Å². The second-order valence-electron chi connectivity index (χ2n) is 8.23. The number of nitrogens with one attached hydrogen (secondary N) is 3. The zero-order chi connectivity index (χ0) is 22.4. The quantitative estimate of drug-likeness (QED) is 0.253. The molecule has 0 atom stereocenters. The molecule has 0 bridgehead atoms. The summed E-state index contributed by atoms with van der Waals surface area (Å²) in [6.45, 7) is 4.07. The van der Waals surface area contributed by atoms with Crippen molar-refractivity contribution < 1.29 is 14.4 Å². The van der Waals surface area contributed by atoms with E-state index in [0.717, 1.165) is 51.4 Å². The van der Waals surface area contributed by atoms with E-state index in [-0.39, 0.29) is 17.6 Å². The van der Waals surface area contributed by atoms with Crippen LogP contribution in [0.25, 0.3) is 17.7 Å². The summed E-state index contributed by atoms with van der Waals surface area (Å²) in [6.07, 6.45) is 9.06. The summed E-state index contributed by atoms with van der Waals surface area (Å²) in [5.74, 6) is 0.206. The molecule has 6 rings (SSSR count). The SMILES string of the molecule is O=c1[nH]c(O)c(C=c2cnn3c(=NC4CC4)nc(-[n+]4c[nH]c(CN5CCOCC5)c4)nc23)[nH]1. The molecule has 13 nitrogen and oxygen atoms in total. The number of hydrogen-bond acceptors (Lipinski definition) is 8. The molecular formula is C20H23N10O3+. The molecular weight excluding hydrogens is 428 g/mol. The monoisotopic (exact) mass is 451 g/mol.